The first kappa shape index (κ1) is 23.7. The second-order valence-electron chi connectivity index (χ2n) is 8.50. The second kappa shape index (κ2) is 9.94. The summed E-state index contributed by atoms with van der Waals surface area (Å²) < 4.78 is 8.49. The van der Waals surface area contributed by atoms with Gasteiger partial charge in [0.1, 0.15) is 5.69 Å². The Balaban J connectivity index is 1.37. The van der Waals surface area contributed by atoms with Crippen LogP contribution in [0.3, 0.4) is 0 Å². The fourth-order valence-corrected chi connectivity index (χ4v) is 4.20. The number of pyridine rings is 1. The smallest absolute Gasteiger partial charge is 0.339 e. The molecule has 1 N–H and O–H groups in total. The molecule has 0 aliphatic carbocycles. The van der Waals surface area contributed by atoms with Crippen molar-refractivity contribution in [2.75, 3.05) is 11.9 Å². The van der Waals surface area contributed by atoms with Crippen LogP contribution in [0.1, 0.15) is 16.1 Å². The number of anilines is 1. The second-order valence-corrected chi connectivity index (χ2v) is 8.50. The number of aromatic nitrogens is 3. The first-order valence-electron chi connectivity index (χ1n) is 11.7. The van der Waals surface area contributed by atoms with Crippen molar-refractivity contribution in [1.29, 1.82) is 0 Å². The summed E-state index contributed by atoms with van der Waals surface area (Å²) in [6.45, 7) is 1.19. The highest BCUT2D eigenvalue weighted by Gasteiger charge is 2.20. The normalized spacial score (nSPS) is 10.9. The number of nitrogens with one attached hydrogen (secondary N) is 1. The van der Waals surface area contributed by atoms with E-state index < -0.39 is 18.5 Å². The maximum absolute atomic E-state index is 13.1. The first-order chi connectivity index (χ1) is 17.9. The lowest BCUT2D eigenvalue weighted by atomic mass is 10.0. The minimum Gasteiger partial charge on any atom is -0.452 e. The highest BCUT2D eigenvalue weighted by Crippen LogP contribution is 2.25. The number of hydrogen-bond donors (Lipinski definition) is 1. The van der Waals surface area contributed by atoms with Gasteiger partial charge in [-0.2, -0.15) is 0 Å². The van der Waals surface area contributed by atoms with Crippen LogP contribution in [0, 0.1) is 6.92 Å². The van der Waals surface area contributed by atoms with E-state index in [1.54, 1.807) is 42.9 Å². The zero-order valence-electron chi connectivity index (χ0n) is 20.3. The Kier molecular flexibility index (Phi) is 6.38. The van der Waals surface area contributed by atoms with Gasteiger partial charge in [0.15, 0.2) is 6.61 Å². The standard InChI is InChI=1S/C29H24N4O4/c1-19-27(28(35)33(32(19)2)21-13-7-4-8-14-21)31-26(34)18-37-29(36)23-17-25(20-11-5-3-6-12-20)30-24-16-10-9-15-22(23)24/h3-17H,18H2,1-2H3,(H,31,34). The minimum atomic E-state index is -0.655. The van der Waals surface area contributed by atoms with Crippen molar-refractivity contribution in [3.8, 4) is 16.9 Å². The van der Waals surface area contributed by atoms with Crippen molar-refractivity contribution < 1.29 is 14.3 Å². The number of carbonyl (C=O) groups excluding carboxylic acids is 2. The predicted molar refractivity (Wildman–Crippen MR) is 142 cm³/mol. The molecular weight excluding hydrogens is 468 g/mol. The van der Waals surface area contributed by atoms with Crippen molar-refractivity contribution in [2.24, 2.45) is 7.05 Å². The number of amides is 1. The Bertz CT molecular complexity index is 1670. The quantitative estimate of drug-likeness (QED) is 0.352. The number of ether oxygens (including phenoxy) is 1. The lowest BCUT2D eigenvalue weighted by molar-refractivity contribution is -0.119. The number of hydrogen-bond acceptors (Lipinski definition) is 5. The molecule has 0 unspecified atom stereocenters. The minimum absolute atomic E-state index is 0.133. The molecule has 0 saturated carbocycles. The van der Waals surface area contributed by atoms with Crippen LogP contribution < -0.4 is 10.9 Å². The van der Waals surface area contributed by atoms with Gasteiger partial charge in [0.2, 0.25) is 0 Å². The molecule has 184 valence electrons. The van der Waals surface area contributed by atoms with Gasteiger partial charge < -0.3 is 10.1 Å². The average molecular weight is 493 g/mol. The van der Waals surface area contributed by atoms with Gasteiger partial charge in [-0.15, -0.1) is 0 Å². The third-order valence-corrected chi connectivity index (χ3v) is 6.16. The average Bonchev–Trinajstić information content (AvgIpc) is 3.14. The Morgan fingerprint density at radius 1 is 0.919 bits per heavy atom. The molecular formula is C29H24N4O4. The van der Waals surface area contributed by atoms with E-state index in [2.05, 4.69) is 10.3 Å². The van der Waals surface area contributed by atoms with Crippen LogP contribution >= 0.6 is 0 Å². The highest BCUT2D eigenvalue weighted by atomic mass is 16.5. The SMILES string of the molecule is Cc1c(NC(=O)COC(=O)c2cc(-c3ccccc3)nc3ccccc23)c(=O)n(-c2ccccc2)n1C. The van der Waals surface area contributed by atoms with E-state index in [4.69, 9.17) is 4.74 Å². The van der Waals surface area contributed by atoms with Crippen molar-refractivity contribution in [3.05, 3.63) is 113 Å². The molecule has 8 nitrogen and oxygen atoms in total. The van der Waals surface area contributed by atoms with Crippen LogP contribution in [0.2, 0.25) is 0 Å². The summed E-state index contributed by atoms with van der Waals surface area (Å²) in [5.41, 5.74) is 3.42. The third-order valence-electron chi connectivity index (χ3n) is 6.16. The van der Waals surface area contributed by atoms with Crippen LogP contribution in [0.15, 0.2) is 95.8 Å². The summed E-state index contributed by atoms with van der Waals surface area (Å²) in [5, 5.41) is 3.23. The van der Waals surface area contributed by atoms with Crippen LogP contribution in [-0.4, -0.2) is 32.8 Å². The number of rotatable bonds is 6. The van der Waals surface area contributed by atoms with Crippen molar-refractivity contribution in [2.45, 2.75) is 6.92 Å². The van der Waals surface area contributed by atoms with Gasteiger partial charge in [-0.05, 0) is 31.2 Å². The van der Waals surface area contributed by atoms with Gasteiger partial charge >= 0.3 is 5.97 Å². The van der Waals surface area contributed by atoms with E-state index in [0.717, 1.165) is 5.56 Å². The van der Waals surface area contributed by atoms with Crippen LogP contribution in [0.5, 0.6) is 0 Å². The van der Waals surface area contributed by atoms with E-state index in [9.17, 15) is 14.4 Å². The maximum atomic E-state index is 13.1. The zero-order valence-corrected chi connectivity index (χ0v) is 20.3. The molecule has 0 atom stereocenters. The summed E-state index contributed by atoms with van der Waals surface area (Å²) in [4.78, 5) is 43.5. The summed E-state index contributed by atoms with van der Waals surface area (Å²) in [5.74, 6) is -1.27. The molecule has 37 heavy (non-hydrogen) atoms. The molecule has 5 rings (SSSR count). The molecule has 8 heteroatoms. The number of carbonyl (C=O) groups is 2. The van der Waals surface area contributed by atoms with Crippen LogP contribution in [0.4, 0.5) is 5.69 Å². The highest BCUT2D eigenvalue weighted by molar-refractivity contribution is 6.05. The molecule has 1 amide bonds. The van der Waals surface area contributed by atoms with E-state index in [0.29, 0.717) is 33.5 Å². The molecule has 0 aliphatic rings. The fourth-order valence-electron chi connectivity index (χ4n) is 4.20. The molecule has 0 bridgehead atoms. The fraction of sp³-hybridized carbons (Fsp3) is 0.103. The van der Waals surface area contributed by atoms with Gasteiger partial charge in [-0.25, -0.2) is 14.5 Å². The van der Waals surface area contributed by atoms with E-state index in [1.807, 2.05) is 66.7 Å². The maximum Gasteiger partial charge on any atom is 0.339 e. The van der Waals surface area contributed by atoms with Crippen molar-refractivity contribution >= 4 is 28.5 Å². The van der Waals surface area contributed by atoms with Gasteiger partial charge in [-0.3, -0.25) is 14.3 Å². The molecule has 0 spiro atoms. The third kappa shape index (κ3) is 4.64. The number of para-hydroxylation sites is 2. The summed E-state index contributed by atoms with van der Waals surface area (Å²) in [7, 11) is 1.73. The first-order valence-corrected chi connectivity index (χ1v) is 11.7. The predicted octanol–water partition coefficient (Wildman–Crippen LogP) is 4.50. The Morgan fingerprint density at radius 3 is 2.30 bits per heavy atom. The van der Waals surface area contributed by atoms with Crippen molar-refractivity contribution in [3.63, 3.8) is 0 Å². The van der Waals surface area contributed by atoms with E-state index >= 15 is 0 Å². The number of fused-ring (bicyclic) bond motifs is 1. The topological polar surface area (TPSA) is 95.2 Å². The van der Waals surface area contributed by atoms with E-state index in [-0.39, 0.29) is 11.2 Å². The number of benzene rings is 3. The number of nitrogens with zero attached hydrogens (tertiary/aromatic N) is 3. The molecule has 0 fully saturated rings. The monoisotopic (exact) mass is 492 g/mol. The molecule has 0 radical (unpaired) electrons. The Hall–Kier alpha value is -4.98. The summed E-state index contributed by atoms with van der Waals surface area (Å²) >= 11 is 0. The lowest BCUT2D eigenvalue weighted by Gasteiger charge is -2.10. The van der Waals surface area contributed by atoms with Gasteiger partial charge in [-0.1, -0.05) is 66.7 Å². The summed E-state index contributed by atoms with van der Waals surface area (Å²) in [6.07, 6.45) is 0. The summed E-state index contributed by atoms with van der Waals surface area (Å²) in [6, 6.07) is 27.5. The molecule has 3 aromatic carbocycles. The Labute approximate surface area is 212 Å². The van der Waals surface area contributed by atoms with E-state index in [1.165, 1.54) is 4.68 Å². The Morgan fingerprint density at radius 2 is 1.57 bits per heavy atom. The molecule has 0 saturated heterocycles. The number of esters is 1. The van der Waals surface area contributed by atoms with Crippen LogP contribution in [0.25, 0.3) is 27.8 Å². The molecule has 5 aromatic rings. The van der Waals surface area contributed by atoms with Crippen molar-refractivity contribution in [1.82, 2.24) is 14.3 Å². The molecule has 2 aromatic heterocycles. The molecule has 2 heterocycles. The molecule has 0 aliphatic heterocycles. The zero-order chi connectivity index (χ0) is 25.9. The van der Waals surface area contributed by atoms with Gasteiger partial charge in [0, 0.05) is 18.0 Å². The van der Waals surface area contributed by atoms with Crippen LogP contribution in [-0.2, 0) is 16.6 Å². The largest absolute Gasteiger partial charge is 0.452 e. The lowest BCUT2D eigenvalue weighted by Crippen LogP contribution is -2.26. The van der Waals surface area contributed by atoms with Gasteiger partial charge in [0.25, 0.3) is 11.5 Å². The van der Waals surface area contributed by atoms with Gasteiger partial charge in [0.05, 0.1) is 28.2 Å².